The Hall–Kier alpha value is -1.10. The van der Waals surface area contributed by atoms with Crippen LogP contribution in [0.2, 0.25) is 0 Å². The molecule has 1 unspecified atom stereocenters. The molecule has 0 bridgehead atoms. The van der Waals surface area contributed by atoms with Gasteiger partial charge in [-0.25, -0.2) is 0 Å². The number of nitrogens with zero attached hydrogens (tertiary/aromatic N) is 2. The average Bonchev–Trinajstić information content (AvgIpc) is 3.02. The zero-order valence-corrected chi connectivity index (χ0v) is 10.0. The van der Waals surface area contributed by atoms with Gasteiger partial charge < -0.3 is 15.1 Å². The molecule has 2 heterocycles. The van der Waals surface area contributed by atoms with E-state index in [-0.39, 0.29) is 24.4 Å². The van der Waals surface area contributed by atoms with Crippen LogP contribution in [0.15, 0.2) is 0 Å². The minimum Gasteiger partial charge on any atom is -0.336 e. The SMILES string of the molecule is O=C(C1CCCN1)N1CCN(C2CC2)C(=O)C1. The number of amides is 2. The van der Waals surface area contributed by atoms with E-state index in [0.29, 0.717) is 12.6 Å². The lowest BCUT2D eigenvalue weighted by molar-refractivity contribution is -0.146. The van der Waals surface area contributed by atoms with Crippen molar-refractivity contribution < 1.29 is 9.59 Å². The topological polar surface area (TPSA) is 52.7 Å². The summed E-state index contributed by atoms with van der Waals surface area (Å²) in [5.41, 5.74) is 0. The zero-order chi connectivity index (χ0) is 11.8. The molecule has 1 saturated carbocycles. The summed E-state index contributed by atoms with van der Waals surface area (Å²) in [7, 11) is 0. The van der Waals surface area contributed by atoms with Crippen LogP contribution in [0, 0.1) is 0 Å². The van der Waals surface area contributed by atoms with Crippen LogP contribution in [0.4, 0.5) is 0 Å². The van der Waals surface area contributed by atoms with Crippen molar-refractivity contribution >= 4 is 11.8 Å². The van der Waals surface area contributed by atoms with Gasteiger partial charge in [-0.2, -0.15) is 0 Å². The van der Waals surface area contributed by atoms with Gasteiger partial charge in [0.15, 0.2) is 0 Å². The third-order valence-corrected chi connectivity index (χ3v) is 3.92. The van der Waals surface area contributed by atoms with Crippen molar-refractivity contribution in [3.05, 3.63) is 0 Å². The fourth-order valence-electron chi connectivity index (χ4n) is 2.76. The summed E-state index contributed by atoms with van der Waals surface area (Å²) in [4.78, 5) is 27.7. The lowest BCUT2D eigenvalue weighted by atomic mass is 10.2. The van der Waals surface area contributed by atoms with E-state index in [2.05, 4.69) is 5.32 Å². The molecule has 17 heavy (non-hydrogen) atoms. The monoisotopic (exact) mass is 237 g/mol. The number of carbonyl (C=O) groups excluding carboxylic acids is 2. The Morgan fingerprint density at radius 1 is 1.24 bits per heavy atom. The van der Waals surface area contributed by atoms with E-state index in [1.165, 1.54) is 0 Å². The van der Waals surface area contributed by atoms with Crippen LogP contribution in [-0.2, 0) is 9.59 Å². The molecule has 2 amide bonds. The standard InChI is InChI=1S/C12H19N3O2/c16-11-8-14(6-7-15(11)9-3-4-9)12(17)10-2-1-5-13-10/h9-10,13H,1-8H2. The highest BCUT2D eigenvalue weighted by Crippen LogP contribution is 2.28. The summed E-state index contributed by atoms with van der Waals surface area (Å²) in [5.74, 6) is 0.247. The molecule has 0 radical (unpaired) electrons. The van der Waals surface area contributed by atoms with E-state index in [0.717, 1.165) is 38.8 Å². The Kier molecular flexibility index (Phi) is 2.78. The fraction of sp³-hybridized carbons (Fsp3) is 0.833. The minimum absolute atomic E-state index is 0.0460. The molecule has 2 saturated heterocycles. The van der Waals surface area contributed by atoms with Gasteiger partial charge in [0.1, 0.15) is 0 Å². The predicted octanol–water partition coefficient (Wildman–Crippen LogP) is -0.428. The first-order valence-electron chi connectivity index (χ1n) is 6.57. The second kappa shape index (κ2) is 4.29. The molecule has 1 atom stereocenters. The average molecular weight is 237 g/mol. The van der Waals surface area contributed by atoms with Crippen LogP contribution in [0.1, 0.15) is 25.7 Å². The largest absolute Gasteiger partial charge is 0.336 e. The molecule has 3 fully saturated rings. The fourth-order valence-corrected chi connectivity index (χ4v) is 2.76. The summed E-state index contributed by atoms with van der Waals surface area (Å²) in [6.45, 7) is 2.64. The molecule has 94 valence electrons. The molecule has 5 nitrogen and oxygen atoms in total. The van der Waals surface area contributed by atoms with Crippen molar-refractivity contribution in [3.63, 3.8) is 0 Å². The molecule has 1 N–H and O–H groups in total. The Balaban J connectivity index is 1.58. The first-order chi connectivity index (χ1) is 8.25. The summed E-state index contributed by atoms with van der Waals surface area (Å²) >= 11 is 0. The van der Waals surface area contributed by atoms with Crippen molar-refractivity contribution in [2.45, 2.75) is 37.8 Å². The maximum absolute atomic E-state index is 12.1. The van der Waals surface area contributed by atoms with E-state index in [1.807, 2.05) is 4.90 Å². The van der Waals surface area contributed by atoms with Crippen molar-refractivity contribution in [2.24, 2.45) is 0 Å². The van der Waals surface area contributed by atoms with Gasteiger partial charge in [0.25, 0.3) is 0 Å². The molecule has 0 aromatic carbocycles. The third kappa shape index (κ3) is 2.16. The van der Waals surface area contributed by atoms with Crippen LogP contribution in [0.5, 0.6) is 0 Å². The van der Waals surface area contributed by atoms with E-state index >= 15 is 0 Å². The second-order valence-corrected chi connectivity index (χ2v) is 5.23. The van der Waals surface area contributed by atoms with Gasteiger partial charge in [0.05, 0.1) is 12.6 Å². The summed E-state index contributed by atoms with van der Waals surface area (Å²) in [6.07, 6.45) is 4.26. The van der Waals surface area contributed by atoms with Gasteiger partial charge in [-0.05, 0) is 32.2 Å². The second-order valence-electron chi connectivity index (χ2n) is 5.23. The predicted molar refractivity (Wildman–Crippen MR) is 62.3 cm³/mol. The normalized spacial score (nSPS) is 29.9. The van der Waals surface area contributed by atoms with Gasteiger partial charge >= 0.3 is 0 Å². The van der Waals surface area contributed by atoms with Crippen molar-refractivity contribution in [1.82, 2.24) is 15.1 Å². The quantitative estimate of drug-likeness (QED) is 0.709. The Morgan fingerprint density at radius 3 is 2.65 bits per heavy atom. The van der Waals surface area contributed by atoms with Crippen LogP contribution in [-0.4, -0.2) is 59.9 Å². The van der Waals surface area contributed by atoms with Gasteiger partial charge in [-0.3, -0.25) is 9.59 Å². The molecular formula is C12H19N3O2. The Bertz CT molecular complexity index is 335. The third-order valence-electron chi connectivity index (χ3n) is 3.92. The Labute approximate surface area is 101 Å². The Morgan fingerprint density at radius 2 is 2.06 bits per heavy atom. The number of rotatable bonds is 2. The van der Waals surface area contributed by atoms with Crippen LogP contribution in [0.3, 0.4) is 0 Å². The molecule has 5 heteroatoms. The van der Waals surface area contributed by atoms with Crippen LogP contribution < -0.4 is 5.32 Å². The highest BCUT2D eigenvalue weighted by Gasteiger charge is 2.38. The summed E-state index contributed by atoms with van der Waals surface area (Å²) < 4.78 is 0. The molecule has 0 aromatic heterocycles. The smallest absolute Gasteiger partial charge is 0.242 e. The van der Waals surface area contributed by atoms with Crippen LogP contribution >= 0.6 is 0 Å². The molecule has 3 rings (SSSR count). The summed E-state index contributed by atoms with van der Waals surface area (Å²) in [6, 6.07) is 0.430. The van der Waals surface area contributed by atoms with Crippen molar-refractivity contribution in [3.8, 4) is 0 Å². The zero-order valence-electron chi connectivity index (χ0n) is 10.0. The number of piperazine rings is 1. The van der Waals surface area contributed by atoms with Crippen molar-refractivity contribution in [2.75, 3.05) is 26.2 Å². The first-order valence-corrected chi connectivity index (χ1v) is 6.57. The minimum atomic E-state index is -0.0460. The van der Waals surface area contributed by atoms with Gasteiger partial charge in [-0.15, -0.1) is 0 Å². The number of hydrogen-bond donors (Lipinski definition) is 1. The van der Waals surface area contributed by atoms with Gasteiger partial charge in [0.2, 0.25) is 11.8 Å². The van der Waals surface area contributed by atoms with Gasteiger partial charge in [0, 0.05) is 19.1 Å². The van der Waals surface area contributed by atoms with Crippen molar-refractivity contribution in [1.29, 1.82) is 0 Å². The van der Waals surface area contributed by atoms with E-state index in [4.69, 9.17) is 0 Å². The van der Waals surface area contributed by atoms with Crippen LogP contribution in [0.25, 0.3) is 0 Å². The molecule has 0 spiro atoms. The lowest BCUT2D eigenvalue weighted by Crippen LogP contribution is -2.56. The first kappa shape index (κ1) is 11.0. The van der Waals surface area contributed by atoms with E-state index in [9.17, 15) is 9.59 Å². The number of hydrogen-bond acceptors (Lipinski definition) is 3. The maximum atomic E-state index is 12.1. The highest BCUT2D eigenvalue weighted by atomic mass is 16.2. The number of nitrogens with one attached hydrogen (secondary N) is 1. The van der Waals surface area contributed by atoms with Gasteiger partial charge in [-0.1, -0.05) is 0 Å². The number of carbonyl (C=O) groups is 2. The maximum Gasteiger partial charge on any atom is 0.242 e. The lowest BCUT2D eigenvalue weighted by Gasteiger charge is -2.35. The molecule has 2 aliphatic heterocycles. The van der Waals surface area contributed by atoms with E-state index < -0.39 is 0 Å². The summed E-state index contributed by atoms with van der Waals surface area (Å²) in [5, 5.41) is 3.20. The highest BCUT2D eigenvalue weighted by molar-refractivity contribution is 5.89. The molecule has 1 aliphatic carbocycles. The molecule has 3 aliphatic rings. The molecular weight excluding hydrogens is 218 g/mol. The van der Waals surface area contributed by atoms with E-state index in [1.54, 1.807) is 4.90 Å². The molecule has 0 aromatic rings.